The van der Waals surface area contributed by atoms with Crippen LogP contribution in [0.1, 0.15) is 45.6 Å². The smallest absolute Gasteiger partial charge is 0.305 e. The van der Waals surface area contributed by atoms with Crippen molar-refractivity contribution in [3.8, 4) is 0 Å². The van der Waals surface area contributed by atoms with Gasteiger partial charge in [-0.05, 0) is 30.9 Å². The zero-order chi connectivity index (χ0) is 16.8. The first kappa shape index (κ1) is 18.5. The molecule has 0 bridgehead atoms. The minimum Gasteiger partial charge on any atom is -0.481 e. The van der Waals surface area contributed by atoms with Crippen molar-refractivity contribution in [2.45, 2.75) is 52.0 Å². The van der Waals surface area contributed by atoms with Crippen LogP contribution in [0.25, 0.3) is 0 Å². The van der Waals surface area contributed by atoms with Gasteiger partial charge in [0, 0.05) is 16.5 Å². The molecule has 0 aliphatic heterocycles. The van der Waals surface area contributed by atoms with Crippen molar-refractivity contribution < 1.29 is 14.7 Å². The van der Waals surface area contributed by atoms with Crippen molar-refractivity contribution in [2.75, 3.05) is 0 Å². The van der Waals surface area contributed by atoms with Gasteiger partial charge in [0.2, 0.25) is 5.91 Å². The molecule has 0 saturated carbocycles. The molecule has 5 heteroatoms. The molecular weight excluding hydrogens is 302 g/mol. The third-order valence-electron chi connectivity index (χ3n) is 4.16. The van der Waals surface area contributed by atoms with E-state index in [1.54, 1.807) is 6.07 Å². The lowest BCUT2D eigenvalue weighted by Gasteiger charge is -2.32. The highest BCUT2D eigenvalue weighted by Crippen LogP contribution is 2.23. The zero-order valence-corrected chi connectivity index (χ0v) is 14.1. The van der Waals surface area contributed by atoms with Crippen LogP contribution in [-0.4, -0.2) is 22.5 Å². The summed E-state index contributed by atoms with van der Waals surface area (Å²) in [5, 5.41) is 12.6. The molecule has 1 atom stereocenters. The van der Waals surface area contributed by atoms with Gasteiger partial charge in [-0.25, -0.2) is 0 Å². The van der Waals surface area contributed by atoms with Crippen molar-refractivity contribution in [3.05, 3.63) is 34.9 Å². The lowest BCUT2D eigenvalue weighted by Crippen LogP contribution is -2.51. The van der Waals surface area contributed by atoms with E-state index in [4.69, 9.17) is 16.7 Å². The van der Waals surface area contributed by atoms with Gasteiger partial charge >= 0.3 is 5.97 Å². The fourth-order valence-electron chi connectivity index (χ4n) is 2.48. The third kappa shape index (κ3) is 5.02. The first-order valence-corrected chi connectivity index (χ1v) is 7.98. The van der Waals surface area contributed by atoms with Gasteiger partial charge in [-0.2, -0.15) is 0 Å². The molecule has 0 fully saturated rings. The Kier molecular flexibility index (Phi) is 6.88. The van der Waals surface area contributed by atoms with Crippen LogP contribution in [-0.2, 0) is 16.0 Å². The van der Waals surface area contributed by atoms with Crippen molar-refractivity contribution in [2.24, 2.45) is 5.92 Å². The summed E-state index contributed by atoms with van der Waals surface area (Å²) in [6, 6.07) is 7.44. The molecule has 0 aliphatic rings. The second-order valence-corrected chi connectivity index (χ2v) is 6.15. The van der Waals surface area contributed by atoms with Crippen LogP contribution in [0.5, 0.6) is 0 Å². The molecule has 122 valence electrons. The maximum absolute atomic E-state index is 12.4. The Labute approximate surface area is 136 Å². The number of carbonyl (C=O) groups excluding carboxylic acids is 1. The van der Waals surface area contributed by atoms with Crippen LogP contribution >= 0.6 is 11.6 Å². The molecule has 0 aliphatic carbocycles. The number of aliphatic carboxylic acids is 1. The third-order valence-corrected chi connectivity index (χ3v) is 4.53. The summed E-state index contributed by atoms with van der Waals surface area (Å²) in [4.78, 5) is 23.5. The Morgan fingerprint density at radius 2 is 1.86 bits per heavy atom. The average molecular weight is 326 g/mol. The van der Waals surface area contributed by atoms with Gasteiger partial charge in [0.1, 0.15) is 0 Å². The van der Waals surface area contributed by atoms with Crippen molar-refractivity contribution >= 4 is 23.5 Å². The molecule has 1 rings (SSSR count). The summed E-state index contributed by atoms with van der Waals surface area (Å²) < 4.78 is 0. The largest absolute Gasteiger partial charge is 0.481 e. The Morgan fingerprint density at radius 3 is 2.36 bits per heavy atom. The van der Waals surface area contributed by atoms with Crippen molar-refractivity contribution in [1.29, 1.82) is 0 Å². The lowest BCUT2D eigenvalue weighted by molar-refractivity contribution is -0.139. The maximum atomic E-state index is 12.4. The maximum Gasteiger partial charge on any atom is 0.305 e. The predicted molar refractivity (Wildman–Crippen MR) is 88.0 cm³/mol. The Hall–Kier alpha value is -1.55. The summed E-state index contributed by atoms with van der Waals surface area (Å²) in [5.74, 6) is -1.31. The fraction of sp³-hybridized carbons (Fsp3) is 0.529. The van der Waals surface area contributed by atoms with Crippen LogP contribution in [0.3, 0.4) is 0 Å². The number of benzene rings is 1. The van der Waals surface area contributed by atoms with Gasteiger partial charge in [0.05, 0.1) is 6.42 Å². The van der Waals surface area contributed by atoms with E-state index in [0.717, 1.165) is 5.56 Å². The number of hydrogen-bond donors (Lipinski definition) is 2. The van der Waals surface area contributed by atoms with Crippen LogP contribution in [0, 0.1) is 5.92 Å². The monoisotopic (exact) mass is 325 g/mol. The molecule has 1 unspecified atom stereocenters. The summed E-state index contributed by atoms with van der Waals surface area (Å²) in [6.07, 6.45) is 1.63. The van der Waals surface area contributed by atoms with Gasteiger partial charge in [-0.1, -0.05) is 50.6 Å². The molecule has 2 N–H and O–H groups in total. The minimum atomic E-state index is -0.900. The van der Waals surface area contributed by atoms with E-state index in [1.807, 2.05) is 39.0 Å². The normalized spacial score (nSPS) is 12.7. The summed E-state index contributed by atoms with van der Waals surface area (Å²) >= 11 is 6.12. The van der Waals surface area contributed by atoms with Gasteiger partial charge in [0.15, 0.2) is 0 Å². The highest BCUT2D eigenvalue weighted by Gasteiger charge is 2.32. The molecule has 1 amide bonds. The number of nitrogens with one attached hydrogen (secondary N) is 1. The van der Waals surface area contributed by atoms with Gasteiger partial charge in [-0.3, -0.25) is 9.59 Å². The number of carbonyl (C=O) groups is 2. The van der Waals surface area contributed by atoms with Gasteiger partial charge < -0.3 is 10.4 Å². The minimum absolute atomic E-state index is 0.0649. The van der Waals surface area contributed by atoms with Gasteiger partial charge in [-0.15, -0.1) is 0 Å². The molecule has 22 heavy (non-hydrogen) atoms. The summed E-state index contributed by atoms with van der Waals surface area (Å²) in [5.41, 5.74) is 0.237. The second kappa shape index (κ2) is 8.18. The first-order valence-electron chi connectivity index (χ1n) is 7.60. The molecule has 1 aromatic carbocycles. The summed E-state index contributed by atoms with van der Waals surface area (Å²) in [7, 11) is 0. The fourth-order valence-corrected chi connectivity index (χ4v) is 2.69. The molecule has 4 nitrogen and oxygen atoms in total. The zero-order valence-electron chi connectivity index (χ0n) is 13.4. The topological polar surface area (TPSA) is 66.4 Å². The Morgan fingerprint density at radius 1 is 1.27 bits per heavy atom. The van der Waals surface area contributed by atoms with E-state index in [9.17, 15) is 9.59 Å². The molecule has 0 heterocycles. The molecule has 0 saturated heterocycles. The van der Waals surface area contributed by atoms with E-state index in [2.05, 4.69) is 5.32 Å². The Balaban J connectivity index is 2.77. The number of carboxylic acids is 1. The lowest BCUT2D eigenvalue weighted by atomic mass is 9.87. The number of rotatable bonds is 8. The van der Waals surface area contributed by atoms with E-state index in [-0.39, 0.29) is 18.2 Å². The van der Waals surface area contributed by atoms with Gasteiger partial charge in [0.25, 0.3) is 0 Å². The number of halogens is 1. The molecule has 1 aromatic rings. The quantitative estimate of drug-likeness (QED) is 0.766. The average Bonchev–Trinajstić information content (AvgIpc) is 2.48. The molecule has 0 aromatic heterocycles. The van der Waals surface area contributed by atoms with E-state index in [1.165, 1.54) is 0 Å². The first-order chi connectivity index (χ1) is 10.3. The number of carboxylic acid groups (broad SMARTS) is 1. The molecule has 0 radical (unpaired) electrons. The predicted octanol–water partition coefficient (Wildman–Crippen LogP) is 3.67. The van der Waals surface area contributed by atoms with Crippen molar-refractivity contribution in [1.82, 2.24) is 5.32 Å². The van der Waals surface area contributed by atoms with Crippen LogP contribution in [0.15, 0.2) is 24.3 Å². The van der Waals surface area contributed by atoms with Crippen LogP contribution in [0.4, 0.5) is 0 Å². The second-order valence-electron chi connectivity index (χ2n) is 5.74. The van der Waals surface area contributed by atoms with Crippen LogP contribution < -0.4 is 5.32 Å². The van der Waals surface area contributed by atoms with Crippen molar-refractivity contribution in [3.63, 3.8) is 0 Å². The molecule has 0 spiro atoms. The summed E-state index contributed by atoms with van der Waals surface area (Å²) in [6.45, 7) is 5.62. The number of amides is 1. The SMILES string of the molecule is CCC(CC)(CC(=O)O)NC(=O)C(C)Cc1ccccc1Cl. The highest BCUT2D eigenvalue weighted by molar-refractivity contribution is 6.31. The Bertz CT molecular complexity index is 526. The highest BCUT2D eigenvalue weighted by atomic mass is 35.5. The van der Waals surface area contributed by atoms with Crippen LogP contribution in [0.2, 0.25) is 5.02 Å². The van der Waals surface area contributed by atoms with E-state index < -0.39 is 11.5 Å². The van der Waals surface area contributed by atoms with E-state index >= 15 is 0 Å². The van der Waals surface area contributed by atoms with E-state index in [0.29, 0.717) is 24.3 Å². The number of hydrogen-bond acceptors (Lipinski definition) is 2. The molecular formula is C17H24ClNO3. The standard InChI is InChI=1S/C17H24ClNO3/c1-4-17(5-2,11-15(20)21)19-16(22)12(3)10-13-8-6-7-9-14(13)18/h6-9,12H,4-5,10-11H2,1-3H3,(H,19,22)(H,20,21).